The van der Waals surface area contributed by atoms with Crippen LogP contribution in [0.3, 0.4) is 0 Å². The van der Waals surface area contributed by atoms with Crippen molar-refractivity contribution in [3.05, 3.63) is 60.8 Å². The number of allylic oxidation sites excluding steroid dienone is 9. The first kappa shape index (κ1) is 80.2. The summed E-state index contributed by atoms with van der Waals surface area (Å²) >= 11 is 0. The lowest BCUT2D eigenvalue weighted by Gasteiger charge is -2.29. The highest BCUT2D eigenvalue weighted by molar-refractivity contribution is 7.45. The van der Waals surface area contributed by atoms with E-state index in [-0.39, 0.29) is 12.5 Å². The molecule has 0 aliphatic heterocycles. The largest absolute Gasteiger partial charge is 0.756 e. The highest BCUT2D eigenvalue weighted by Crippen LogP contribution is 2.38. The smallest absolute Gasteiger partial charge is 0.268 e. The molecule has 0 saturated carbocycles. The number of phosphoric acid groups is 1. The quantitative estimate of drug-likeness (QED) is 0.0272. The number of likely N-dealkylation sites (N-methyl/N-ethyl adjacent to an activating group) is 1. The standard InChI is InChI=1S/C73H139N2O6P/c1-6-8-10-12-14-16-18-20-22-24-26-28-29-30-31-32-33-34-35-36-37-38-39-40-41-42-43-44-45-47-49-51-53-55-57-59-61-63-65-67-73(77)74-71(70-81-82(78,79)80-69-68-75(3,4)5)72(76)66-64-62-60-58-56-54-52-50-48-46-27-25-23-21-19-17-15-13-11-9-7-2/h18,20,24,26,48,50,56,58,64,66,71-72,76H,6-17,19,21-23,25,27-47,49,51-55,57,59-63,65,67-70H2,1-5H3,(H-,74,77,78,79)/b20-18-,26-24-,50-48+,58-56+,66-64+. The van der Waals surface area contributed by atoms with E-state index >= 15 is 0 Å². The summed E-state index contributed by atoms with van der Waals surface area (Å²) in [6.07, 6.45) is 87.9. The molecule has 0 heterocycles. The van der Waals surface area contributed by atoms with Crippen LogP contribution in [-0.2, 0) is 18.4 Å². The molecule has 0 aromatic heterocycles. The third-order valence-electron chi connectivity index (χ3n) is 16.2. The van der Waals surface area contributed by atoms with Crippen molar-refractivity contribution in [1.29, 1.82) is 0 Å². The molecule has 0 spiro atoms. The maximum absolute atomic E-state index is 13.0. The van der Waals surface area contributed by atoms with Crippen LogP contribution in [0.5, 0.6) is 0 Å². The summed E-state index contributed by atoms with van der Waals surface area (Å²) in [5.41, 5.74) is 0. The Bertz CT molecular complexity index is 1520. The Labute approximate surface area is 511 Å². The van der Waals surface area contributed by atoms with Crippen molar-refractivity contribution in [2.45, 2.75) is 360 Å². The highest BCUT2D eigenvalue weighted by Gasteiger charge is 2.23. The lowest BCUT2D eigenvalue weighted by atomic mass is 10.0. The molecular formula is C73H139N2O6P. The number of quaternary nitrogens is 1. The van der Waals surface area contributed by atoms with E-state index < -0.39 is 26.6 Å². The van der Waals surface area contributed by atoms with E-state index in [4.69, 9.17) is 9.05 Å². The van der Waals surface area contributed by atoms with Crippen LogP contribution in [0.1, 0.15) is 348 Å². The van der Waals surface area contributed by atoms with Crippen LogP contribution in [0.2, 0.25) is 0 Å². The minimum atomic E-state index is -4.61. The second kappa shape index (κ2) is 63.7. The molecule has 82 heavy (non-hydrogen) atoms. The minimum Gasteiger partial charge on any atom is -0.756 e. The molecule has 0 aliphatic carbocycles. The summed E-state index contributed by atoms with van der Waals surface area (Å²) in [5.74, 6) is -0.205. The van der Waals surface area contributed by atoms with E-state index in [2.05, 4.69) is 67.8 Å². The maximum Gasteiger partial charge on any atom is 0.268 e. The van der Waals surface area contributed by atoms with Gasteiger partial charge < -0.3 is 28.8 Å². The van der Waals surface area contributed by atoms with Gasteiger partial charge in [0.05, 0.1) is 39.9 Å². The summed E-state index contributed by atoms with van der Waals surface area (Å²) in [7, 11) is 1.25. The zero-order chi connectivity index (χ0) is 59.8. The number of aliphatic hydroxyl groups is 1. The second-order valence-corrected chi connectivity index (χ2v) is 27.0. The molecular weight excluding hydrogens is 1030 g/mol. The number of hydrogen-bond donors (Lipinski definition) is 2. The van der Waals surface area contributed by atoms with E-state index in [0.29, 0.717) is 17.4 Å². The van der Waals surface area contributed by atoms with Crippen molar-refractivity contribution in [3.63, 3.8) is 0 Å². The first-order valence-electron chi connectivity index (χ1n) is 35.7. The highest BCUT2D eigenvalue weighted by atomic mass is 31.2. The average molecular weight is 1170 g/mol. The van der Waals surface area contributed by atoms with E-state index in [0.717, 1.165) is 51.4 Å². The predicted octanol–water partition coefficient (Wildman–Crippen LogP) is 22.1. The maximum atomic E-state index is 13.0. The van der Waals surface area contributed by atoms with Gasteiger partial charge in [-0.2, -0.15) is 0 Å². The average Bonchev–Trinajstić information content (AvgIpc) is 3.46. The third-order valence-corrected chi connectivity index (χ3v) is 17.1. The van der Waals surface area contributed by atoms with Crippen LogP contribution >= 0.6 is 7.82 Å². The Morgan fingerprint density at radius 3 is 1.06 bits per heavy atom. The summed E-state index contributed by atoms with van der Waals surface area (Å²) in [6, 6.07) is -0.911. The van der Waals surface area contributed by atoms with Crippen LogP contribution in [0, 0.1) is 0 Å². The molecule has 0 rings (SSSR count). The van der Waals surface area contributed by atoms with Crippen LogP contribution in [0.15, 0.2) is 60.8 Å². The molecule has 0 saturated heterocycles. The van der Waals surface area contributed by atoms with Crippen LogP contribution < -0.4 is 10.2 Å². The monoisotopic (exact) mass is 1170 g/mol. The Balaban J connectivity index is 3.98. The van der Waals surface area contributed by atoms with Gasteiger partial charge in [0.1, 0.15) is 13.2 Å². The van der Waals surface area contributed by atoms with Crippen molar-refractivity contribution < 1.29 is 32.9 Å². The van der Waals surface area contributed by atoms with Gasteiger partial charge in [0.25, 0.3) is 7.82 Å². The molecule has 0 fully saturated rings. The van der Waals surface area contributed by atoms with Gasteiger partial charge >= 0.3 is 0 Å². The lowest BCUT2D eigenvalue weighted by Crippen LogP contribution is -2.45. The van der Waals surface area contributed by atoms with Gasteiger partial charge in [-0.25, -0.2) is 0 Å². The summed E-state index contributed by atoms with van der Waals surface area (Å²) in [6.45, 7) is 4.65. The van der Waals surface area contributed by atoms with Crippen LogP contribution in [-0.4, -0.2) is 68.5 Å². The number of nitrogens with zero attached hydrogens (tertiary/aromatic N) is 1. The molecule has 1 amide bonds. The number of aliphatic hydroxyl groups excluding tert-OH is 1. The minimum absolute atomic E-state index is 0.00840. The van der Waals surface area contributed by atoms with Crippen molar-refractivity contribution in [2.75, 3.05) is 40.9 Å². The van der Waals surface area contributed by atoms with Crippen molar-refractivity contribution in [3.8, 4) is 0 Å². The summed E-state index contributed by atoms with van der Waals surface area (Å²) in [5, 5.41) is 13.9. The summed E-state index contributed by atoms with van der Waals surface area (Å²) in [4.78, 5) is 25.6. The first-order valence-corrected chi connectivity index (χ1v) is 37.1. The number of rotatable bonds is 66. The van der Waals surface area contributed by atoms with Crippen LogP contribution in [0.4, 0.5) is 0 Å². The lowest BCUT2D eigenvalue weighted by molar-refractivity contribution is -0.870. The molecule has 482 valence electrons. The zero-order valence-electron chi connectivity index (χ0n) is 55.2. The van der Waals surface area contributed by atoms with Gasteiger partial charge in [0.2, 0.25) is 5.91 Å². The molecule has 0 bridgehead atoms. The SMILES string of the molecule is CCCCCCC/C=C\C/C=C\CCCCCCCCCCCCCCCCCCCCCCCCCCCCCC(=O)NC(COP(=O)([O-])OCC[N+](C)(C)C)C(O)/C=C/CC/C=C/CC/C=C/CCCCCCCCCCCCC. The van der Waals surface area contributed by atoms with E-state index in [1.54, 1.807) is 6.08 Å². The fourth-order valence-corrected chi connectivity index (χ4v) is 11.4. The normalized spacial score (nSPS) is 14.0. The molecule has 0 aliphatic rings. The molecule has 0 aromatic rings. The van der Waals surface area contributed by atoms with E-state index in [9.17, 15) is 19.4 Å². The Morgan fingerprint density at radius 2 is 0.720 bits per heavy atom. The van der Waals surface area contributed by atoms with Gasteiger partial charge in [-0.05, 0) is 77.0 Å². The molecule has 2 N–H and O–H groups in total. The fraction of sp³-hybridized carbons (Fsp3) is 0.849. The number of amides is 1. The predicted molar refractivity (Wildman–Crippen MR) is 357 cm³/mol. The summed E-state index contributed by atoms with van der Waals surface area (Å²) < 4.78 is 23.4. The number of unbranched alkanes of at least 4 members (excludes halogenated alkanes) is 45. The molecule has 0 aromatic carbocycles. The number of hydrogen-bond acceptors (Lipinski definition) is 6. The van der Waals surface area contributed by atoms with E-state index in [1.165, 1.54) is 276 Å². The second-order valence-electron chi connectivity index (χ2n) is 25.6. The van der Waals surface area contributed by atoms with E-state index in [1.807, 2.05) is 27.2 Å². The molecule has 3 atom stereocenters. The Hall–Kier alpha value is -1.80. The number of carbonyl (C=O) groups excluding carboxylic acids is 1. The molecule has 8 nitrogen and oxygen atoms in total. The molecule has 3 unspecified atom stereocenters. The number of phosphoric ester groups is 1. The van der Waals surface area contributed by atoms with Gasteiger partial charge in [0.15, 0.2) is 0 Å². The van der Waals surface area contributed by atoms with Crippen molar-refractivity contribution >= 4 is 13.7 Å². The van der Waals surface area contributed by atoms with Gasteiger partial charge in [0, 0.05) is 6.42 Å². The van der Waals surface area contributed by atoms with Crippen LogP contribution in [0.25, 0.3) is 0 Å². The molecule has 0 radical (unpaired) electrons. The van der Waals surface area contributed by atoms with Gasteiger partial charge in [-0.1, -0.05) is 325 Å². The van der Waals surface area contributed by atoms with Gasteiger partial charge in [-0.15, -0.1) is 0 Å². The number of carbonyl (C=O) groups is 1. The Morgan fingerprint density at radius 1 is 0.427 bits per heavy atom. The first-order chi connectivity index (χ1) is 40.0. The molecule has 9 heteroatoms. The number of nitrogens with one attached hydrogen (secondary N) is 1. The zero-order valence-corrected chi connectivity index (χ0v) is 56.1. The fourth-order valence-electron chi connectivity index (χ4n) is 10.6. The topological polar surface area (TPSA) is 108 Å². The Kier molecular flexibility index (Phi) is 62.3. The van der Waals surface area contributed by atoms with Crippen molar-refractivity contribution in [1.82, 2.24) is 5.32 Å². The third kappa shape index (κ3) is 65.7. The van der Waals surface area contributed by atoms with Crippen molar-refractivity contribution in [2.24, 2.45) is 0 Å². The van der Waals surface area contributed by atoms with Gasteiger partial charge in [-0.3, -0.25) is 9.36 Å².